The van der Waals surface area contributed by atoms with Crippen LogP contribution in [0.2, 0.25) is 0 Å². The zero-order valence-electron chi connectivity index (χ0n) is 13.9. The van der Waals surface area contributed by atoms with Gasteiger partial charge in [-0.05, 0) is 51.0 Å². The molecule has 0 saturated carbocycles. The highest BCUT2D eigenvalue weighted by atomic mass is 79.9. The molecule has 1 aromatic heterocycles. The standard InChI is InChI=1S/C17H20BrN3OS/c1-9-8-11(18)6-7-12(9)14-13-10(2)20-21(5)15(13)19-16(22)17(3,4)23-14/h6-8,14H,1-5H3,(H,19,22). The van der Waals surface area contributed by atoms with Crippen LogP contribution in [0.25, 0.3) is 0 Å². The van der Waals surface area contributed by atoms with E-state index in [1.165, 1.54) is 11.1 Å². The summed E-state index contributed by atoms with van der Waals surface area (Å²) in [6, 6.07) is 6.31. The van der Waals surface area contributed by atoms with Crippen LogP contribution in [0.1, 0.15) is 41.5 Å². The Hall–Kier alpha value is -1.27. The predicted molar refractivity (Wildman–Crippen MR) is 99.0 cm³/mol. The lowest BCUT2D eigenvalue weighted by molar-refractivity contribution is -0.117. The second kappa shape index (κ2) is 5.67. The van der Waals surface area contributed by atoms with Crippen molar-refractivity contribution in [3.63, 3.8) is 0 Å². The van der Waals surface area contributed by atoms with Gasteiger partial charge in [0.2, 0.25) is 5.91 Å². The van der Waals surface area contributed by atoms with Crippen LogP contribution in [0.5, 0.6) is 0 Å². The van der Waals surface area contributed by atoms with E-state index in [2.05, 4.69) is 51.5 Å². The molecule has 2 heterocycles. The van der Waals surface area contributed by atoms with Crippen LogP contribution in [0.3, 0.4) is 0 Å². The number of hydrogen-bond donors (Lipinski definition) is 1. The molecule has 1 atom stereocenters. The van der Waals surface area contributed by atoms with Crippen molar-refractivity contribution in [2.45, 2.75) is 37.7 Å². The predicted octanol–water partition coefficient (Wildman–Crippen LogP) is 4.35. The molecule has 3 rings (SSSR count). The van der Waals surface area contributed by atoms with Gasteiger partial charge in [0.1, 0.15) is 5.82 Å². The molecule has 1 N–H and O–H groups in total. The number of aromatic nitrogens is 2. The van der Waals surface area contributed by atoms with Crippen molar-refractivity contribution in [3.05, 3.63) is 45.1 Å². The van der Waals surface area contributed by atoms with Crippen molar-refractivity contribution in [1.29, 1.82) is 0 Å². The first-order chi connectivity index (χ1) is 10.7. The van der Waals surface area contributed by atoms with E-state index in [1.807, 2.05) is 27.8 Å². The first-order valence-corrected chi connectivity index (χ1v) is 9.17. The maximum Gasteiger partial charge on any atom is 0.241 e. The first kappa shape index (κ1) is 16.6. The second-order valence-corrected chi connectivity index (χ2v) is 9.08. The van der Waals surface area contributed by atoms with Crippen molar-refractivity contribution in [3.8, 4) is 0 Å². The zero-order chi connectivity index (χ0) is 16.9. The van der Waals surface area contributed by atoms with E-state index in [-0.39, 0.29) is 11.2 Å². The maximum absolute atomic E-state index is 12.6. The summed E-state index contributed by atoms with van der Waals surface area (Å²) in [5.41, 5.74) is 4.48. The van der Waals surface area contributed by atoms with Gasteiger partial charge in [-0.1, -0.05) is 22.0 Å². The van der Waals surface area contributed by atoms with Gasteiger partial charge in [0, 0.05) is 17.1 Å². The number of halogens is 1. The van der Waals surface area contributed by atoms with E-state index in [0.717, 1.165) is 21.5 Å². The van der Waals surface area contributed by atoms with Crippen LogP contribution in [-0.4, -0.2) is 20.4 Å². The molecule has 2 aromatic rings. The summed E-state index contributed by atoms with van der Waals surface area (Å²) >= 11 is 5.21. The molecule has 0 saturated heterocycles. The van der Waals surface area contributed by atoms with E-state index in [9.17, 15) is 4.79 Å². The van der Waals surface area contributed by atoms with Gasteiger partial charge in [-0.25, -0.2) is 0 Å². The topological polar surface area (TPSA) is 46.9 Å². The summed E-state index contributed by atoms with van der Waals surface area (Å²) in [4.78, 5) is 12.6. The quantitative estimate of drug-likeness (QED) is 0.782. The van der Waals surface area contributed by atoms with E-state index >= 15 is 0 Å². The molecule has 6 heteroatoms. The smallest absolute Gasteiger partial charge is 0.241 e. The number of nitrogens with zero attached hydrogens (tertiary/aromatic N) is 2. The Bertz CT molecular complexity index is 797. The highest BCUT2D eigenvalue weighted by Gasteiger charge is 2.40. The molecular weight excluding hydrogens is 374 g/mol. The fourth-order valence-corrected chi connectivity index (χ4v) is 4.97. The number of anilines is 1. The monoisotopic (exact) mass is 393 g/mol. The maximum atomic E-state index is 12.6. The van der Waals surface area contributed by atoms with Gasteiger partial charge in [-0.2, -0.15) is 5.10 Å². The Balaban J connectivity index is 2.23. The Morgan fingerprint density at radius 2 is 2.04 bits per heavy atom. The Morgan fingerprint density at radius 3 is 2.70 bits per heavy atom. The largest absolute Gasteiger partial charge is 0.309 e. The summed E-state index contributed by atoms with van der Waals surface area (Å²) in [7, 11) is 1.88. The van der Waals surface area contributed by atoms with Gasteiger partial charge in [0.05, 0.1) is 15.7 Å². The molecule has 0 radical (unpaired) electrons. The molecule has 1 aliphatic rings. The Morgan fingerprint density at radius 1 is 1.35 bits per heavy atom. The number of carbonyl (C=O) groups is 1. The molecular formula is C17H20BrN3OS. The summed E-state index contributed by atoms with van der Waals surface area (Å²) < 4.78 is 2.32. The van der Waals surface area contributed by atoms with E-state index < -0.39 is 4.75 Å². The van der Waals surface area contributed by atoms with Crippen LogP contribution in [0.4, 0.5) is 5.82 Å². The molecule has 0 aliphatic carbocycles. The number of amides is 1. The minimum atomic E-state index is -0.518. The molecule has 4 nitrogen and oxygen atoms in total. The molecule has 1 unspecified atom stereocenters. The van der Waals surface area contributed by atoms with Crippen molar-refractivity contribution in [1.82, 2.24) is 9.78 Å². The number of aryl methyl sites for hydroxylation is 3. The third kappa shape index (κ3) is 2.83. The minimum Gasteiger partial charge on any atom is -0.309 e. The summed E-state index contributed by atoms with van der Waals surface area (Å²) in [6.07, 6.45) is 0. The van der Waals surface area contributed by atoms with E-state index in [0.29, 0.717) is 0 Å². The fraction of sp³-hybridized carbons (Fsp3) is 0.412. The number of benzene rings is 1. The van der Waals surface area contributed by atoms with Gasteiger partial charge in [-0.15, -0.1) is 11.8 Å². The Kier molecular flexibility index (Phi) is 4.09. The lowest BCUT2D eigenvalue weighted by Crippen LogP contribution is -2.33. The van der Waals surface area contributed by atoms with Crippen molar-refractivity contribution >= 4 is 39.4 Å². The van der Waals surface area contributed by atoms with Gasteiger partial charge < -0.3 is 5.32 Å². The van der Waals surface area contributed by atoms with Crippen molar-refractivity contribution < 1.29 is 4.79 Å². The summed E-state index contributed by atoms with van der Waals surface area (Å²) in [6.45, 7) is 8.07. The van der Waals surface area contributed by atoms with Crippen molar-refractivity contribution in [2.24, 2.45) is 7.05 Å². The first-order valence-electron chi connectivity index (χ1n) is 7.49. The molecule has 0 bridgehead atoms. The van der Waals surface area contributed by atoms with Gasteiger partial charge in [0.15, 0.2) is 0 Å². The lowest BCUT2D eigenvalue weighted by Gasteiger charge is -2.26. The van der Waals surface area contributed by atoms with Gasteiger partial charge in [0.25, 0.3) is 0 Å². The lowest BCUT2D eigenvalue weighted by atomic mass is 10.00. The minimum absolute atomic E-state index is 0.0176. The Labute approximate surface area is 149 Å². The SMILES string of the molecule is Cc1cc(Br)ccc1C1SC(C)(C)C(=O)Nc2c1c(C)nn2C. The number of hydrogen-bond acceptors (Lipinski definition) is 3. The average Bonchev–Trinajstić information content (AvgIpc) is 2.65. The highest BCUT2D eigenvalue weighted by molar-refractivity contribution is 9.10. The van der Waals surface area contributed by atoms with Crippen LogP contribution in [0, 0.1) is 13.8 Å². The molecule has 1 aliphatic heterocycles. The zero-order valence-corrected chi connectivity index (χ0v) is 16.3. The number of nitrogens with one attached hydrogen (secondary N) is 1. The molecule has 23 heavy (non-hydrogen) atoms. The normalized spacial score (nSPS) is 19.9. The molecule has 0 fully saturated rings. The average molecular weight is 394 g/mol. The summed E-state index contributed by atoms with van der Waals surface area (Å²) in [5, 5.41) is 7.65. The van der Waals surface area contributed by atoms with E-state index in [4.69, 9.17) is 0 Å². The fourth-order valence-electron chi connectivity index (χ4n) is 2.95. The number of thioether (sulfide) groups is 1. The van der Waals surface area contributed by atoms with E-state index in [1.54, 1.807) is 16.4 Å². The van der Waals surface area contributed by atoms with Crippen molar-refractivity contribution in [2.75, 3.05) is 5.32 Å². The summed E-state index contributed by atoms with van der Waals surface area (Å²) in [5.74, 6) is 0.821. The van der Waals surface area contributed by atoms with Crippen LogP contribution < -0.4 is 5.32 Å². The number of rotatable bonds is 1. The van der Waals surface area contributed by atoms with Crippen LogP contribution >= 0.6 is 27.7 Å². The molecule has 1 amide bonds. The van der Waals surface area contributed by atoms with Gasteiger partial charge >= 0.3 is 0 Å². The second-order valence-electron chi connectivity index (χ2n) is 6.43. The van der Waals surface area contributed by atoms with Crippen LogP contribution in [-0.2, 0) is 11.8 Å². The van der Waals surface area contributed by atoms with Crippen LogP contribution in [0.15, 0.2) is 22.7 Å². The molecule has 122 valence electrons. The number of fused-ring (bicyclic) bond motifs is 1. The highest BCUT2D eigenvalue weighted by Crippen LogP contribution is 2.50. The third-order valence-electron chi connectivity index (χ3n) is 4.24. The molecule has 0 spiro atoms. The van der Waals surface area contributed by atoms with Gasteiger partial charge in [-0.3, -0.25) is 9.48 Å². The number of carbonyl (C=O) groups excluding carboxylic acids is 1. The molecule has 1 aromatic carbocycles. The third-order valence-corrected chi connectivity index (χ3v) is 6.23.